The van der Waals surface area contributed by atoms with E-state index in [2.05, 4.69) is 24.5 Å². The van der Waals surface area contributed by atoms with E-state index < -0.39 is 65.8 Å². The fraction of sp³-hybridized carbons (Fsp3) is 0.355. The minimum absolute atomic E-state index is 0.0445. The minimum Gasteiger partial charge on any atom is -0.389 e. The van der Waals surface area contributed by atoms with Crippen LogP contribution >= 0.6 is 0 Å². The number of likely N-dealkylation sites (N-methyl/N-ethyl adjacent to an activating group) is 1. The average Bonchev–Trinajstić information content (AvgIpc) is 3.30. The molecule has 0 radical (unpaired) electrons. The summed E-state index contributed by atoms with van der Waals surface area (Å²) >= 11 is 0. The Labute approximate surface area is 246 Å². The first-order chi connectivity index (χ1) is 20.3. The SMILES string of the molecule is CC(C)c1cccc(N(C)C[C@@H](O)[C@H](Cc2cc(F)cc(F)c2)NC(=O)[C@@H]2CN(Cc3cc(F)c(F)cc3F)C(=O)N2)c1. The monoisotopic (exact) mass is 604 g/mol. The van der Waals surface area contributed by atoms with Gasteiger partial charge in [-0.15, -0.1) is 0 Å². The van der Waals surface area contributed by atoms with Crippen molar-refractivity contribution in [2.45, 2.75) is 50.9 Å². The first-order valence-corrected chi connectivity index (χ1v) is 13.7. The van der Waals surface area contributed by atoms with Gasteiger partial charge in [0.2, 0.25) is 5.91 Å². The van der Waals surface area contributed by atoms with Crippen molar-refractivity contribution >= 4 is 17.6 Å². The van der Waals surface area contributed by atoms with Crippen LogP contribution in [-0.2, 0) is 17.8 Å². The molecule has 0 spiro atoms. The summed E-state index contributed by atoms with van der Waals surface area (Å²) in [5.74, 6) is -5.77. The number of nitrogens with one attached hydrogen (secondary N) is 2. The van der Waals surface area contributed by atoms with Crippen LogP contribution in [0.2, 0.25) is 0 Å². The third kappa shape index (κ3) is 8.01. The number of hydrogen-bond acceptors (Lipinski definition) is 4. The van der Waals surface area contributed by atoms with Gasteiger partial charge in [-0.05, 0) is 53.8 Å². The van der Waals surface area contributed by atoms with Crippen LogP contribution in [0.3, 0.4) is 0 Å². The number of aliphatic hydroxyl groups is 1. The number of halogens is 5. The molecule has 1 aliphatic rings. The zero-order valence-electron chi connectivity index (χ0n) is 23.9. The highest BCUT2D eigenvalue weighted by molar-refractivity contribution is 5.90. The van der Waals surface area contributed by atoms with Crippen LogP contribution in [-0.4, -0.2) is 60.3 Å². The minimum atomic E-state index is -1.37. The van der Waals surface area contributed by atoms with Gasteiger partial charge in [-0.2, -0.15) is 0 Å². The summed E-state index contributed by atoms with van der Waals surface area (Å²) in [6.45, 7) is 3.49. The van der Waals surface area contributed by atoms with Gasteiger partial charge in [0.05, 0.1) is 25.2 Å². The summed E-state index contributed by atoms with van der Waals surface area (Å²) in [5, 5.41) is 16.4. The molecule has 3 aromatic carbocycles. The summed E-state index contributed by atoms with van der Waals surface area (Å²) in [5.41, 5.74) is 1.82. The smallest absolute Gasteiger partial charge is 0.318 e. The van der Waals surface area contributed by atoms with Crippen LogP contribution in [0.25, 0.3) is 0 Å². The van der Waals surface area contributed by atoms with Crippen LogP contribution in [0.1, 0.15) is 36.5 Å². The fourth-order valence-electron chi connectivity index (χ4n) is 4.95. The van der Waals surface area contributed by atoms with Gasteiger partial charge in [0.1, 0.15) is 23.5 Å². The van der Waals surface area contributed by atoms with Crippen molar-refractivity contribution in [3.63, 3.8) is 0 Å². The van der Waals surface area contributed by atoms with E-state index in [4.69, 9.17) is 0 Å². The Morgan fingerprint density at radius 3 is 2.37 bits per heavy atom. The van der Waals surface area contributed by atoms with Gasteiger partial charge in [-0.3, -0.25) is 4.79 Å². The fourth-order valence-corrected chi connectivity index (χ4v) is 4.95. The normalized spacial score (nSPS) is 16.3. The van der Waals surface area contributed by atoms with Crippen LogP contribution < -0.4 is 15.5 Å². The topological polar surface area (TPSA) is 84.9 Å². The molecular weight excluding hydrogens is 571 g/mol. The predicted octanol–water partition coefficient (Wildman–Crippen LogP) is 4.62. The highest BCUT2D eigenvalue weighted by atomic mass is 19.2. The number of aliphatic hydroxyl groups excluding tert-OH is 1. The van der Waals surface area contributed by atoms with E-state index in [1.165, 1.54) is 0 Å². The number of anilines is 1. The van der Waals surface area contributed by atoms with Crippen molar-refractivity contribution in [3.8, 4) is 0 Å². The van der Waals surface area contributed by atoms with Crippen molar-refractivity contribution in [1.29, 1.82) is 0 Å². The molecule has 4 rings (SSSR count). The third-order valence-corrected chi connectivity index (χ3v) is 7.36. The molecule has 0 aromatic heterocycles. The molecule has 3 amide bonds. The van der Waals surface area contributed by atoms with E-state index in [0.717, 1.165) is 28.3 Å². The molecule has 1 saturated heterocycles. The molecule has 0 aliphatic carbocycles. The van der Waals surface area contributed by atoms with E-state index in [-0.39, 0.29) is 36.6 Å². The molecule has 1 heterocycles. The Kier molecular flexibility index (Phi) is 9.90. The lowest BCUT2D eigenvalue weighted by Crippen LogP contribution is -2.53. The lowest BCUT2D eigenvalue weighted by molar-refractivity contribution is -0.124. The molecule has 43 heavy (non-hydrogen) atoms. The lowest BCUT2D eigenvalue weighted by Gasteiger charge is -2.30. The Morgan fingerprint density at radius 1 is 1.02 bits per heavy atom. The zero-order chi connectivity index (χ0) is 31.4. The standard InChI is InChI=1S/C31H33F5N4O3/c1-17(2)19-5-4-6-23(10-19)39(3)16-29(41)27(9-18-7-21(32)12-22(33)8-18)37-30(42)28-15-40(31(43)38-28)14-20-11-25(35)26(36)13-24(20)34/h4-8,10-13,17,27-29,41H,9,14-16H2,1-3H3,(H,37,42)(H,38,43)/t27-,28-,29+/m0/s1. The van der Waals surface area contributed by atoms with Gasteiger partial charge in [0.25, 0.3) is 0 Å². The Morgan fingerprint density at radius 2 is 1.70 bits per heavy atom. The highest BCUT2D eigenvalue weighted by Gasteiger charge is 2.36. The van der Waals surface area contributed by atoms with Crippen molar-refractivity contribution in [2.75, 3.05) is 25.0 Å². The number of hydrogen-bond donors (Lipinski definition) is 3. The number of benzene rings is 3. The molecule has 3 aromatic rings. The summed E-state index contributed by atoms with van der Waals surface area (Å²) in [6.07, 6.45) is -1.35. The van der Waals surface area contributed by atoms with Crippen LogP contribution in [0.15, 0.2) is 54.6 Å². The molecule has 3 N–H and O–H groups in total. The molecule has 0 bridgehead atoms. The van der Waals surface area contributed by atoms with Crippen LogP contribution in [0, 0.1) is 29.1 Å². The molecule has 230 valence electrons. The second-order valence-electron chi connectivity index (χ2n) is 11.0. The van der Waals surface area contributed by atoms with Gasteiger partial charge in [-0.25, -0.2) is 26.7 Å². The number of urea groups is 1. The average molecular weight is 605 g/mol. The summed E-state index contributed by atoms with van der Waals surface area (Å²) < 4.78 is 69.0. The van der Waals surface area contributed by atoms with E-state index >= 15 is 0 Å². The Balaban J connectivity index is 1.49. The van der Waals surface area contributed by atoms with E-state index in [0.29, 0.717) is 18.2 Å². The van der Waals surface area contributed by atoms with E-state index in [9.17, 15) is 36.6 Å². The maximum Gasteiger partial charge on any atom is 0.318 e. The van der Waals surface area contributed by atoms with Crippen molar-refractivity contribution in [1.82, 2.24) is 15.5 Å². The maximum atomic E-state index is 14.2. The second-order valence-corrected chi connectivity index (χ2v) is 11.0. The third-order valence-electron chi connectivity index (χ3n) is 7.36. The molecule has 1 aliphatic heterocycles. The molecule has 0 saturated carbocycles. The Hall–Kier alpha value is -4.19. The van der Waals surface area contributed by atoms with E-state index in [1.807, 2.05) is 24.3 Å². The predicted molar refractivity (Wildman–Crippen MR) is 151 cm³/mol. The van der Waals surface area contributed by atoms with Crippen molar-refractivity contribution in [2.24, 2.45) is 0 Å². The van der Waals surface area contributed by atoms with Gasteiger partial charge in [0, 0.05) is 37.0 Å². The number of amides is 3. The number of carbonyl (C=O) groups is 2. The first kappa shape index (κ1) is 31.7. The first-order valence-electron chi connectivity index (χ1n) is 13.7. The molecule has 7 nitrogen and oxygen atoms in total. The number of rotatable bonds is 11. The largest absolute Gasteiger partial charge is 0.389 e. The molecule has 12 heteroatoms. The summed E-state index contributed by atoms with van der Waals surface area (Å²) in [7, 11) is 1.76. The number of nitrogens with zero attached hydrogens (tertiary/aromatic N) is 2. The summed E-state index contributed by atoms with van der Waals surface area (Å²) in [4.78, 5) is 28.6. The quantitative estimate of drug-likeness (QED) is 0.220. The molecular formula is C31H33F5N4O3. The number of carbonyl (C=O) groups excluding carboxylic acids is 2. The van der Waals surface area contributed by atoms with Gasteiger partial charge < -0.3 is 25.5 Å². The zero-order valence-corrected chi connectivity index (χ0v) is 23.9. The molecule has 0 unspecified atom stereocenters. The van der Waals surface area contributed by atoms with Gasteiger partial charge in [0.15, 0.2) is 11.6 Å². The molecule has 1 fully saturated rings. The Bertz CT molecular complexity index is 1470. The second kappa shape index (κ2) is 13.4. The van der Waals surface area contributed by atoms with Crippen molar-refractivity contribution in [3.05, 3.63) is 100 Å². The van der Waals surface area contributed by atoms with Crippen molar-refractivity contribution < 1.29 is 36.6 Å². The van der Waals surface area contributed by atoms with E-state index in [1.54, 1.807) is 11.9 Å². The highest BCUT2D eigenvalue weighted by Crippen LogP contribution is 2.22. The van der Waals surface area contributed by atoms with Gasteiger partial charge in [-0.1, -0.05) is 26.0 Å². The van der Waals surface area contributed by atoms with Crippen LogP contribution in [0.4, 0.5) is 32.4 Å². The van der Waals surface area contributed by atoms with Gasteiger partial charge >= 0.3 is 6.03 Å². The van der Waals surface area contributed by atoms with Crippen LogP contribution in [0.5, 0.6) is 0 Å². The lowest BCUT2D eigenvalue weighted by atomic mass is 9.99. The summed E-state index contributed by atoms with van der Waals surface area (Å²) in [6, 6.07) is 8.74. The maximum absolute atomic E-state index is 14.2. The molecule has 3 atom stereocenters.